The number of benzene rings is 1. The summed E-state index contributed by atoms with van der Waals surface area (Å²) in [5.41, 5.74) is 6.52. The van der Waals surface area contributed by atoms with E-state index in [-0.39, 0.29) is 30.2 Å². The standard InChI is InChI=1S/C10H9.C9H13.2CH3.2ClH.GeH2.Zr/c1-8-6-9-4-2-3-5-10(9)7-8;1-9(2,3)8-6-4-5-7-8;;;;;;/h2-7H,1H3;6-7H,4H2,1-3H3;2*1H3;2*1H;1H2;. The van der Waals surface area contributed by atoms with Crippen LogP contribution in [-0.4, -0.2) is 12.1 Å². The Bertz CT molecular complexity index is 832. The second kappa shape index (κ2) is 7.46. The fourth-order valence-electron chi connectivity index (χ4n) is 4.51. The van der Waals surface area contributed by atoms with Gasteiger partial charge in [0.05, 0.1) is 0 Å². The minimum Gasteiger partial charge on any atom is -0.147 e. The molecule has 0 radical (unpaired) electrons. The van der Waals surface area contributed by atoms with Crippen molar-refractivity contribution in [2.75, 3.05) is 0 Å². The first-order chi connectivity index (χ1) is 10.5. The van der Waals surface area contributed by atoms with Crippen molar-refractivity contribution in [3.63, 3.8) is 0 Å². The first-order valence-electron chi connectivity index (χ1n) is 8.75. The average Bonchev–Trinajstić information content (AvgIpc) is 3.01. The van der Waals surface area contributed by atoms with Crippen LogP contribution in [0.2, 0.25) is 9.26 Å². The van der Waals surface area contributed by atoms with Crippen molar-refractivity contribution in [2.45, 2.75) is 47.0 Å². The van der Waals surface area contributed by atoms with Crippen molar-refractivity contribution < 1.29 is 15.7 Å². The summed E-state index contributed by atoms with van der Waals surface area (Å²) >= 11 is -1.47. The summed E-state index contributed by atoms with van der Waals surface area (Å²) in [6.45, 7) is 9.40. The molecule has 1 atom stereocenters. The van der Waals surface area contributed by atoms with E-state index in [0.29, 0.717) is 3.63 Å². The van der Waals surface area contributed by atoms with E-state index in [0.717, 1.165) is 0 Å². The molecule has 0 heterocycles. The number of fused-ring (bicyclic) bond motifs is 1. The summed E-state index contributed by atoms with van der Waals surface area (Å²) in [6, 6.07) is 9.09. The Morgan fingerprint density at radius 2 is 1.64 bits per heavy atom. The number of allylic oxidation sites excluding steroid dienone is 5. The largest absolute Gasteiger partial charge is 0.147 e. The molecule has 0 aliphatic heterocycles. The molecule has 0 N–H and O–H groups in total. The van der Waals surface area contributed by atoms with E-state index in [1.165, 1.54) is 24.1 Å². The van der Waals surface area contributed by atoms with Crippen LogP contribution in [0.15, 0.2) is 50.8 Å². The van der Waals surface area contributed by atoms with Crippen molar-refractivity contribution in [3.8, 4) is 0 Å². The Balaban J connectivity index is 0.00000156. The quantitative estimate of drug-likeness (QED) is 0.388. The van der Waals surface area contributed by atoms with Gasteiger partial charge in [-0.3, -0.25) is 0 Å². The van der Waals surface area contributed by atoms with Gasteiger partial charge in [0, 0.05) is 0 Å². The normalized spacial score (nSPS) is 20.0. The maximum Gasteiger partial charge on any atom is -0.147 e. The molecule has 3 rings (SSSR count). The molecule has 25 heavy (non-hydrogen) atoms. The molecule has 4 heteroatoms. The monoisotopic (exact) mass is 518 g/mol. The third-order valence-electron chi connectivity index (χ3n) is 5.86. The van der Waals surface area contributed by atoms with Crippen LogP contribution >= 0.6 is 24.8 Å². The van der Waals surface area contributed by atoms with Gasteiger partial charge in [-0.2, -0.15) is 0 Å². The van der Waals surface area contributed by atoms with Crippen LogP contribution in [0.1, 0.15) is 48.9 Å². The van der Waals surface area contributed by atoms with Gasteiger partial charge in [-0.1, -0.05) is 0 Å². The fourth-order valence-corrected chi connectivity index (χ4v) is 25.5. The van der Waals surface area contributed by atoms with Crippen LogP contribution < -0.4 is 0 Å². The van der Waals surface area contributed by atoms with Gasteiger partial charge < -0.3 is 0 Å². The second-order valence-corrected chi connectivity index (χ2v) is 53.4. The predicted molar refractivity (Wildman–Crippen MR) is 118 cm³/mol. The topological polar surface area (TPSA) is 0 Å². The third-order valence-corrected chi connectivity index (χ3v) is 29.0. The summed E-state index contributed by atoms with van der Waals surface area (Å²) in [7, 11) is 0. The molecule has 0 nitrogen and oxygen atoms in total. The van der Waals surface area contributed by atoms with E-state index in [1.807, 2.05) is 3.28 Å². The fraction of sp³-hybridized carbons (Fsp3) is 0.429. The van der Waals surface area contributed by atoms with Gasteiger partial charge in [-0.15, -0.1) is 24.8 Å². The van der Waals surface area contributed by atoms with E-state index < -0.39 is 15.7 Å². The Labute approximate surface area is 171 Å². The molecule has 0 fully saturated rings. The Hall–Kier alpha value is 0.446. The van der Waals surface area contributed by atoms with Crippen LogP contribution in [-0.2, 0) is 15.7 Å². The van der Waals surface area contributed by atoms with Gasteiger partial charge in [0.25, 0.3) is 0 Å². The van der Waals surface area contributed by atoms with Gasteiger partial charge in [-0.05, 0) is 0 Å². The zero-order chi connectivity index (χ0) is 17.1. The van der Waals surface area contributed by atoms with Crippen molar-refractivity contribution >= 4 is 43.0 Å². The number of halogens is 2. The second-order valence-electron chi connectivity index (χ2n) is 9.54. The molecule has 1 unspecified atom stereocenters. The van der Waals surface area contributed by atoms with Gasteiger partial charge in [-0.25, -0.2) is 0 Å². The Morgan fingerprint density at radius 1 is 1.04 bits per heavy atom. The summed E-state index contributed by atoms with van der Waals surface area (Å²) in [6.07, 6.45) is 8.76. The molecule has 1 aromatic rings. The van der Waals surface area contributed by atoms with Gasteiger partial charge in [0.15, 0.2) is 0 Å². The van der Waals surface area contributed by atoms with E-state index in [4.69, 9.17) is 0 Å². The minimum absolute atomic E-state index is 0. The third kappa shape index (κ3) is 4.15. The van der Waals surface area contributed by atoms with Crippen LogP contribution in [0, 0.1) is 5.41 Å². The minimum atomic E-state index is -2.94. The van der Waals surface area contributed by atoms with Gasteiger partial charge in [0.2, 0.25) is 0 Å². The molecular weight excluding hydrogens is 487 g/mol. The van der Waals surface area contributed by atoms with Gasteiger partial charge in [0.1, 0.15) is 0 Å². The van der Waals surface area contributed by atoms with Crippen molar-refractivity contribution in [1.29, 1.82) is 0 Å². The maximum atomic E-state index is 2.71. The zero-order valence-electron chi connectivity index (χ0n) is 16.3. The van der Waals surface area contributed by atoms with Crippen molar-refractivity contribution in [2.24, 2.45) is 5.41 Å². The first kappa shape index (κ1) is 23.5. The predicted octanol–water partition coefficient (Wildman–Crippen LogP) is 6.58. The van der Waals surface area contributed by atoms with Crippen LogP contribution in [0.4, 0.5) is 0 Å². The molecule has 1 aromatic carbocycles. The summed E-state index contributed by atoms with van der Waals surface area (Å²) < 4.78 is 7.95. The molecule has 138 valence electrons. The molecule has 2 aliphatic rings. The zero-order valence-corrected chi connectivity index (χ0v) is 23.4. The maximum absolute atomic E-state index is 2.94. The molecular formula is C21H32Cl2GeZr. The molecule has 0 saturated heterocycles. The Kier molecular flexibility index (Phi) is 7.01. The number of hydrogen-bond donors (Lipinski definition) is 0. The van der Waals surface area contributed by atoms with E-state index in [9.17, 15) is 0 Å². The molecule has 2 aliphatic carbocycles. The molecule has 0 aromatic heterocycles. The van der Waals surface area contributed by atoms with Crippen LogP contribution in [0.25, 0.3) is 6.08 Å². The molecule has 0 saturated carbocycles. The van der Waals surface area contributed by atoms with E-state index in [1.54, 1.807) is 16.7 Å². The molecule has 0 spiro atoms. The van der Waals surface area contributed by atoms with Crippen molar-refractivity contribution in [1.82, 2.24) is 0 Å². The first-order valence-corrected chi connectivity index (χ1v) is 26.8. The van der Waals surface area contributed by atoms with Crippen molar-refractivity contribution in [3.05, 3.63) is 62.0 Å². The van der Waals surface area contributed by atoms with Gasteiger partial charge >= 0.3 is 148 Å². The molecule has 0 bridgehead atoms. The SMILES string of the molecule is CC1=Cc2ccccc2[CH]1[Zr]([CH3])([CH3])(=[GeH2])[C]1=CC(C(C)(C)C)=CC1.Cl.Cl. The number of rotatable bonds is 2. The average molecular weight is 519 g/mol. The summed E-state index contributed by atoms with van der Waals surface area (Å²) in [4.78, 5) is 0. The van der Waals surface area contributed by atoms with Crippen LogP contribution in [0.3, 0.4) is 0 Å². The van der Waals surface area contributed by atoms with Crippen LogP contribution in [0.5, 0.6) is 0 Å². The Morgan fingerprint density at radius 3 is 2.20 bits per heavy atom. The smallest absolute Gasteiger partial charge is 0.147 e. The van der Waals surface area contributed by atoms with E-state index >= 15 is 0 Å². The summed E-state index contributed by atoms with van der Waals surface area (Å²) in [5.74, 6) is 0. The summed E-state index contributed by atoms with van der Waals surface area (Å²) in [5, 5.41) is 0. The molecule has 0 amide bonds. The number of hydrogen-bond acceptors (Lipinski definition) is 0. The van der Waals surface area contributed by atoms with E-state index in [2.05, 4.69) is 79.5 Å².